The first kappa shape index (κ1) is 15.0. The largest absolute Gasteiger partial charge is 0.362 e. The highest BCUT2D eigenvalue weighted by Gasteiger charge is 2.32. The Balaban J connectivity index is 1.95. The van der Waals surface area contributed by atoms with Crippen LogP contribution in [0.3, 0.4) is 0 Å². The molecule has 0 spiro atoms. The number of rotatable bonds is 5. The van der Waals surface area contributed by atoms with E-state index in [0.717, 1.165) is 12.8 Å². The number of nitro benzene ring substituents is 1. The molecule has 0 radical (unpaired) electrons. The standard InChI is InChI=1S/C17H14FN3O2/c18-15-9-12(10-19)5-8-17(15)20(14-6-7-14)11-13-3-1-2-4-16(13)21(22)23/h1-5,8-9,14H,6-7,11H2. The Hall–Kier alpha value is -2.94. The van der Waals surface area contributed by atoms with Gasteiger partial charge in [-0.2, -0.15) is 5.26 Å². The average molecular weight is 311 g/mol. The van der Waals surface area contributed by atoms with Crippen molar-refractivity contribution >= 4 is 11.4 Å². The Morgan fingerprint density at radius 2 is 2.04 bits per heavy atom. The second kappa shape index (κ2) is 6.05. The number of para-hydroxylation sites is 1. The summed E-state index contributed by atoms with van der Waals surface area (Å²) in [5, 5.41) is 20.0. The highest BCUT2D eigenvalue weighted by molar-refractivity contribution is 5.54. The topological polar surface area (TPSA) is 70.2 Å². The molecule has 1 saturated carbocycles. The van der Waals surface area contributed by atoms with E-state index in [0.29, 0.717) is 11.3 Å². The quantitative estimate of drug-likeness (QED) is 0.622. The van der Waals surface area contributed by atoms with Crippen LogP contribution in [0.1, 0.15) is 24.0 Å². The minimum Gasteiger partial charge on any atom is -0.362 e. The van der Waals surface area contributed by atoms with Gasteiger partial charge in [-0.15, -0.1) is 0 Å². The van der Waals surface area contributed by atoms with E-state index in [1.807, 2.05) is 11.0 Å². The van der Waals surface area contributed by atoms with Crippen LogP contribution in [0, 0.1) is 27.3 Å². The van der Waals surface area contributed by atoms with E-state index in [2.05, 4.69) is 0 Å². The normalized spacial score (nSPS) is 13.4. The van der Waals surface area contributed by atoms with Crippen LogP contribution in [0.4, 0.5) is 15.8 Å². The maximum atomic E-state index is 14.3. The molecular formula is C17H14FN3O2. The molecule has 0 N–H and O–H groups in total. The van der Waals surface area contributed by atoms with Crippen molar-refractivity contribution in [3.05, 3.63) is 69.5 Å². The van der Waals surface area contributed by atoms with Crippen LogP contribution < -0.4 is 4.90 Å². The van der Waals surface area contributed by atoms with Crippen LogP contribution in [-0.4, -0.2) is 11.0 Å². The molecule has 0 heterocycles. The summed E-state index contributed by atoms with van der Waals surface area (Å²) in [5.74, 6) is -0.477. The lowest BCUT2D eigenvalue weighted by molar-refractivity contribution is -0.385. The van der Waals surface area contributed by atoms with Crippen molar-refractivity contribution in [2.45, 2.75) is 25.4 Å². The number of anilines is 1. The minimum atomic E-state index is -0.477. The van der Waals surface area contributed by atoms with Gasteiger partial charge in [0.15, 0.2) is 0 Å². The van der Waals surface area contributed by atoms with E-state index in [1.54, 1.807) is 30.3 Å². The van der Waals surface area contributed by atoms with Crippen molar-refractivity contribution in [1.29, 1.82) is 5.26 Å². The molecule has 0 aromatic heterocycles. The average Bonchev–Trinajstić information content (AvgIpc) is 3.38. The van der Waals surface area contributed by atoms with Crippen LogP contribution in [0.25, 0.3) is 0 Å². The first-order chi connectivity index (χ1) is 11.1. The van der Waals surface area contributed by atoms with Gasteiger partial charge in [0.1, 0.15) is 5.82 Å². The monoisotopic (exact) mass is 311 g/mol. The minimum absolute atomic E-state index is 0.0344. The van der Waals surface area contributed by atoms with Crippen LogP contribution >= 0.6 is 0 Å². The van der Waals surface area contributed by atoms with Gasteiger partial charge in [-0.05, 0) is 31.0 Å². The van der Waals surface area contributed by atoms with E-state index in [9.17, 15) is 14.5 Å². The van der Waals surface area contributed by atoms with Crippen molar-refractivity contribution in [1.82, 2.24) is 0 Å². The lowest BCUT2D eigenvalue weighted by Gasteiger charge is -2.25. The molecule has 0 amide bonds. The maximum absolute atomic E-state index is 14.3. The number of nitriles is 1. The van der Waals surface area contributed by atoms with Crippen LogP contribution in [0.5, 0.6) is 0 Å². The summed E-state index contributed by atoms with van der Waals surface area (Å²) in [6, 6.07) is 12.9. The zero-order valence-electron chi connectivity index (χ0n) is 12.3. The van der Waals surface area contributed by atoms with Crippen LogP contribution in [-0.2, 0) is 6.54 Å². The molecule has 2 aromatic carbocycles. The third-order valence-corrected chi connectivity index (χ3v) is 3.90. The smallest absolute Gasteiger partial charge is 0.274 e. The summed E-state index contributed by atoms with van der Waals surface area (Å²) >= 11 is 0. The van der Waals surface area contributed by atoms with E-state index >= 15 is 0 Å². The second-order valence-corrected chi connectivity index (χ2v) is 5.52. The zero-order valence-corrected chi connectivity index (χ0v) is 12.3. The Morgan fingerprint density at radius 1 is 1.30 bits per heavy atom. The Labute approximate surface area is 132 Å². The number of hydrogen-bond donors (Lipinski definition) is 0. The SMILES string of the molecule is N#Cc1ccc(N(Cc2ccccc2[N+](=O)[O-])C2CC2)c(F)c1. The molecule has 0 unspecified atom stereocenters. The van der Waals surface area contributed by atoms with E-state index in [1.165, 1.54) is 12.1 Å². The summed E-state index contributed by atoms with van der Waals surface area (Å²) in [7, 11) is 0. The molecule has 2 aromatic rings. The maximum Gasteiger partial charge on any atom is 0.274 e. The van der Waals surface area contributed by atoms with Gasteiger partial charge in [0.25, 0.3) is 5.69 Å². The Bertz CT molecular complexity index is 797. The molecule has 1 aliphatic carbocycles. The first-order valence-electron chi connectivity index (χ1n) is 7.28. The Morgan fingerprint density at radius 3 is 2.65 bits per heavy atom. The van der Waals surface area contributed by atoms with Gasteiger partial charge in [0.05, 0.1) is 28.8 Å². The second-order valence-electron chi connectivity index (χ2n) is 5.52. The number of nitrogens with zero attached hydrogens (tertiary/aromatic N) is 3. The number of halogens is 1. The molecule has 1 aliphatic rings. The van der Waals surface area contributed by atoms with Crippen molar-refractivity contribution in [3.8, 4) is 6.07 Å². The predicted molar refractivity (Wildman–Crippen MR) is 83.4 cm³/mol. The fourth-order valence-corrected chi connectivity index (χ4v) is 2.61. The first-order valence-corrected chi connectivity index (χ1v) is 7.28. The predicted octanol–water partition coefficient (Wildman–Crippen LogP) is 3.77. The Kier molecular flexibility index (Phi) is 3.94. The summed E-state index contributed by atoms with van der Waals surface area (Å²) in [4.78, 5) is 12.6. The lowest BCUT2D eigenvalue weighted by atomic mass is 10.1. The summed E-state index contributed by atoms with van der Waals surface area (Å²) in [6.45, 7) is 0.268. The molecule has 5 nitrogen and oxygen atoms in total. The highest BCUT2D eigenvalue weighted by atomic mass is 19.1. The van der Waals surface area contributed by atoms with Gasteiger partial charge >= 0.3 is 0 Å². The van der Waals surface area contributed by atoms with E-state index in [-0.39, 0.29) is 23.8 Å². The molecule has 0 bridgehead atoms. The van der Waals surface area contributed by atoms with Gasteiger partial charge in [0, 0.05) is 17.7 Å². The summed E-state index contributed by atoms with van der Waals surface area (Å²) in [6.07, 6.45) is 1.86. The molecule has 0 aliphatic heterocycles. The van der Waals surface area contributed by atoms with Crippen LogP contribution in [0.15, 0.2) is 42.5 Å². The number of benzene rings is 2. The van der Waals surface area contributed by atoms with E-state index < -0.39 is 10.7 Å². The molecular weight excluding hydrogens is 297 g/mol. The molecule has 23 heavy (non-hydrogen) atoms. The molecule has 0 saturated heterocycles. The molecule has 6 heteroatoms. The molecule has 1 fully saturated rings. The molecule has 3 rings (SSSR count). The molecule has 116 valence electrons. The van der Waals surface area contributed by atoms with E-state index in [4.69, 9.17) is 5.26 Å². The van der Waals surface area contributed by atoms with Crippen LogP contribution in [0.2, 0.25) is 0 Å². The molecule has 0 atom stereocenters. The van der Waals surface area contributed by atoms with Crippen molar-refractivity contribution in [3.63, 3.8) is 0 Å². The van der Waals surface area contributed by atoms with Crippen molar-refractivity contribution in [2.75, 3.05) is 4.90 Å². The van der Waals surface area contributed by atoms with Gasteiger partial charge in [-0.1, -0.05) is 18.2 Å². The lowest BCUT2D eigenvalue weighted by Crippen LogP contribution is -2.26. The van der Waals surface area contributed by atoms with Gasteiger partial charge < -0.3 is 4.90 Å². The number of nitro groups is 1. The van der Waals surface area contributed by atoms with Gasteiger partial charge in [-0.25, -0.2) is 4.39 Å². The third-order valence-electron chi connectivity index (χ3n) is 3.90. The summed E-state index contributed by atoms with van der Waals surface area (Å²) < 4.78 is 14.3. The van der Waals surface area contributed by atoms with Crippen molar-refractivity contribution in [2.24, 2.45) is 0 Å². The number of hydrogen-bond acceptors (Lipinski definition) is 4. The van der Waals surface area contributed by atoms with Gasteiger partial charge in [0.2, 0.25) is 0 Å². The zero-order chi connectivity index (χ0) is 16.4. The van der Waals surface area contributed by atoms with Crippen molar-refractivity contribution < 1.29 is 9.31 Å². The summed E-state index contributed by atoms with van der Waals surface area (Å²) in [5.41, 5.74) is 1.22. The van der Waals surface area contributed by atoms with Gasteiger partial charge in [-0.3, -0.25) is 10.1 Å². The fraction of sp³-hybridized carbons (Fsp3) is 0.235. The highest BCUT2D eigenvalue weighted by Crippen LogP contribution is 2.36. The third kappa shape index (κ3) is 3.14. The fourth-order valence-electron chi connectivity index (χ4n) is 2.61.